The van der Waals surface area contributed by atoms with Crippen LogP contribution in [0.15, 0.2) is 76.5 Å². The van der Waals surface area contributed by atoms with Crippen molar-refractivity contribution in [1.29, 1.82) is 0 Å². The van der Waals surface area contributed by atoms with E-state index in [2.05, 4.69) is 9.80 Å². The van der Waals surface area contributed by atoms with Crippen LogP contribution < -0.4 is 9.64 Å². The van der Waals surface area contributed by atoms with Gasteiger partial charge in [0.15, 0.2) is 12.4 Å². The van der Waals surface area contributed by atoms with Gasteiger partial charge in [0.1, 0.15) is 12.4 Å². The van der Waals surface area contributed by atoms with Gasteiger partial charge in [-0.1, -0.05) is 23.9 Å². The summed E-state index contributed by atoms with van der Waals surface area (Å²) in [5, 5.41) is 0. The number of hydrogen-bond acceptors (Lipinski definition) is 8. The molecule has 0 spiro atoms. The Labute approximate surface area is 253 Å². The number of Topliss-reactive ketones (excluding diaryl/α,β-unsaturated/α-hetero) is 1. The molecule has 2 heterocycles. The van der Waals surface area contributed by atoms with Crippen LogP contribution in [0, 0.1) is 0 Å². The molecule has 0 saturated carbocycles. The number of ketones is 1. The van der Waals surface area contributed by atoms with E-state index < -0.39 is 17.7 Å². The third-order valence-electron chi connectivity index (χ3n) is 7.56. The first kappa shape index (κ1) is 30.9. The van der Waals surface area contributed by atoms with Crippen molar-refractivity contribution in [2.45, 2.75) is 29.3 Å². The Morgan fingerprint density at radius 2 is 1.51 bits per heavy atom. The number of anilines is 2. The molecule has 0 unspecified atom stereocenters. The summed E-state index contributed by atoms with van der Waals surface area (Å²) in [5.41, 5.74) is 1.49. The van der Waals surface area contributed by atoms with E-state index in [0.717, 1.165) is 60.7 Å². The summed E-state index contributed by atoms with van der Waals surface area (Å²) in [6, 6.07) is 18.4. The average Bonchev–Trinajstić information content (AvgIpc) is 3.00. The lowest BCUT2D eigenvalue weighted by Crippen LogP contribution is -2.47. The normalized spacial score (nSPS) is 15.5. The minimum absolute atomic E-state index is 0.0354. The Morgan fingerprint density at radius 1 is 0.837 bits per heavy atom. The van der Waals surface area contributed by atoms with Crippen molar-refractivity contribution >= 4 is 34.9 Å². The van der Waals surface area contributed by atoms with Gasteiger partial charge in [-0.25, -0.2) is 4.79 Å². The fourth-order valence-electron chi connectivity index (χ4n) is 5.19. The van der Waals surface area contributed by atoms with E-state index in [1.165, 1.54) is 24.8 Å². The van der Waals surface area contributed by atoms with Crippen molar-refractivity contribution in [3.05, 3.63) is 77.9 Å². The zero-order valence-electron chi connectivity index (χ0n) is 23.9. The molecule has 5 rings (SSSR count). The van der Waals surface area contributed by atoms with Gasteiger partial charge in [-0.2, -0.15) is 13.2 Å². The maximum atomic E-state index is 13.5. The summed E-state index contributed by atoms with van der Waals surface area (Å²) in [6.45, 7) is 7.08. The van der Waals surface area contributed by atoms with E-state index in [-0.39, 0.29) is 19.0 Å². The maximum Gasteiger partial charge on any atom is 0.416 e. The van der Waals surface area contributed by atoms with Gasteiger partial charge in [-0.05, 0) is 74.5 Å². The lowest BCUT2D eigenvalue weighted by atomic mass is 10.1. The lowest BCUT2D eigenvalue weighted by Gasteiger charge is -2.36. The Balaban J connectivity index is 1.04. The van der Waals surface area contributed by atoms with Gasteiger partial charge in [0.2, 0.25) is 0 Å². The van der Waals surface area contributed by atoms with Crippen LogP contribution in [0.3, 0.4) is 0 Å². The number of piperazine rings is 1. The molecule has 3 aromatic rings. The summed E-state index contributed by atoms with van der Waals surface area (Å²) in [4.78, 5) is 31.9. The Kier molecular flexibility index (Phi) is 9.94. The molecule has 43 heavy (non-hydrogen) atoms. The van der Waals surface area contributed by atoms with Gasteiger partial charge < -0.3 is 19.3 Å². The number of esters is 1. The van der Waals surface area contributed by atoms with Crippen molar-refractivity contribution in [3.8, 4) is 5.75 Å². The van der Waals surface area contributed by atoms with Crippen LogP contribution in [0.1, 0.15) is 29.3 Å². The predicted molar refractivity (Wildman–Crippen MR) is 159 cm³/mol. The van der Waals surface area contributed by atoms with Gasteiger partial charge in [-0.3, -0.25) is 9.69 Å². The molecule has 11 heteroatoms. The zero-order valence-corrected chi connectivity index (χ0v) is 24.8. The summed E-state index contributed by atoms with van der Waals surface area (Å²) >= 11 is 1.50. The van der Waals surface area contributed by atoms with E-state index in [0.29, 0.717) is 30.1 Å². The molecule has 0 radical (unpaired) electrons. The molecule has 0 aromatic heterocycles. The molecular weight excluding hydrogens is 579 g/mol. The molecule has 0 atom stereocenters. The number of benzene rings is 3. The van der Waals surface area contributed by atoms with Gasteiger partial charge in [0.05, 0.1) is 16.9 Å². The fourth-order valence-corrected chi connectivity index (χ4v) is 6.27. The molecule has 0 bridgehead atoms. The number of alkyl halides is 3. The highest BCUT2D eigenvalue weighted by Gasteiger charge is 2.33. The molecule has 2 aliphatic heterocycles. The van der Waals surface area contributed by atoms with Gasteiger partial charge >= 0.3 is 12.1 Å². The maximum absolute atomic E-state index is 13.5. The standard InChI is InChI=1S/C32H34F3N3O4S/c1-23(39)24-7-10-26(11-8-24)42-22-31(40)41-20-19-37-17-15-36(16-18-37)13-4-14-38-27-5-2-3-6-29(27)43-30-12-9-25(21-28(30)38)32(33,34)35/h2-3,5-12,21H,4,13-20,22H2,1H3. The molecule has 2 aliphatic rings. The third kappa shape index (κ3) is 8.10. The first-order valence-electron chi connectivity index (χ1n) is 14.3. The highest BCUT2D eigenvalue weighted by molar-refractivity contribution is 7.99. The quantitative estimate of drug-likeness (QED) is 0.189. The van der Waals surface area contributed by atoms with E-state index in [1.807, 2.05) is 29.2 Å². The molecule has 0 amide bonds. The topological polar surface area (TPSA) is 62.3 Å². The molecule has 0 N–H and O–H groups in total. The van der Waals surface area contributed by atoms with Gasteiger partial charge in [0.25, 0.3) is 0 Å². The van der Waals surface area contributed by atoms with E-state index in [4.69, 9.17) is 9.47 Å². The van der Waals surface area contributed by atoms with Crippen LogP contribution in [-0.2, 0) is 15.7 Å². The number of nitrogens with zero attached hydrogens (tertiary/aromatic N) is 3. The van der Waals surface area contributed by atoms with Crippen molar-refractivity contribution in [2.75, 3.05) is 63.9 Å². The fraction of sp³-hybridized carbons (Fsp3) is 0.375. The molecule has 0 aliphatic carbocycles. The number of fused-ring (bicyclic) bond motifs is 2. The average molecular weight is 614 g/mol. The number of rotatable bonds is 11. The lowest BCUT2D eigenvalue weighted by molar-refractivity contribution is -0.146. The Bertz CT molecular complexity index is 1430. The van der Waals surface area contributed by atoms with E-state index in [9.17, 15) is 22.8 Å². The van der Waals surface area contributed by atoms with Crippen LogP contribution in [0.25, 0.3) is 0 Å². The Hall–Kier alpha value is -3.54. The minimum atomic E-state index is -4.39. The second-order valence-corrected chi connectivity index (χ2v) is 11.6. The highest BCUT2D eigenvalue weighted by atomic mass is 32.2. The monoisotopic (exact) mass is 613 g/mol. The molecule has 3 aromatic carbocycles. The number of hydrogen-bond donors (Lipinski definition) is 0. The number of halogens is 3. The summed E-state index contributed by atoms with van der Waals surface area (Å²) in [6.07, 6.45) is -3.58. The van der Waals surface area contributed by atoms with Crippen LogP contribution in [0.5, 0.6) is 5.75 Å². The molecular formula is C32H34F3N3O4S. The predicted octanol–water partition coefficient (Wildman–Crippen LogP) is 6.14. The highest BCUT2D eigenvalue weighted by Crippen LogP contribution is 2.49. The van der Waals surface area contributed by atoms with Gasteiger partial charge in [0, 0.05) is 54.6 Å². The van der Waals surface area contributed by atoms with Crippen molar-refractivity contribution < 1.29 is 32.2 Å². The van der Waals surface area contributed by atoms with Crippen LogP contribution in [-0.4, -0.2) is 80.6 Å². The van der Waals surface area contributed by atoms with E-state index in [1.54, 1.807) is 30.3 Å². The minimum Gasteiger partial charge on any atom is -0.482 e. The molecule has 1 fully saturated rings. The first-order chi connectivity index (χ1) is 20.7. The van der Waals surface area contributed by atoms with Crippen molar-refractivity contribution in [1.82, 2.24) is 9.80 Å². The SMILES string of the molecule is CC(=O)c1ccc(OCC(=O)OCCN2CCN(CCCN3c4ccccc4Sc4ccc(C(F)(F)F)cc43)CC2)cc1. The number of para-hydroxylation sites is 1. The second kappa shape index (κ2) is 13.8. The third-order valence-corrected chi connectivity index (χ3v) is 8.69. The first-order valence-corrected chi connectivity index (χ1v) is 15.1. The summed E-state index contributed by atoms with van der Waals surface area (Å²) in [7, 11) is 0. The van der Waals surface area contributed by atoms with Crippen LogP contribution >= 0.6 is 11.8 Å². The number of carbonyl (C=O) groups excluding carboxylic acids is 2. The van der Waals surface area contributed by atoms with Crippen LogP contribution in [0.4, 0.5) is 24.5 Å². The zero-order chi connectivity index (χ0) is 30.4. The van der Waals surface area contributed by atoms with E-state index >= 15 is 0 Å². The van der Waals surface area contributed by atoms with Crippen molar-refractivity contribution in [3.63, 3.8) is 0 Å². The molecule has 1 saturated heterocycles. The second-order valence-electron chi connectivity index (χ2n) is 10.5. The molecule has 7 nitrogen and oxygen atoms in total. The molecule has 228 valence electrons. The summed E-state index contributed by atoms with van der Waals surface area (Å²) in [5.74, 6) is 0.0133. The smallest absolute Gasteiger partial charge is 0.416 e. The van der Waals surface area contributed by atoms with Crippen LogP contribution in [0.2, 0.25) is 0 Å². The Morgan fingerprint density at radius 3 is 2.21 bits per heavy atom. The number of ether oxygens (including phenoxy) is 2. The number of carbonyl (C=O) groups is 2. The van der Waals surface area contributed by atoms with Crippen molar-refractivity contribution in [2.24, 2.45) is 0 Å². The summed E-state index contributed by atoms with van der Waals surface area (Å²) < 4.78 is 51.2. The van der Waals surface area contributed by atoms with Gasteiger partial charge in [-0.15, -0.1) is 0 Å². The largest absolute Gasteiger partial charge is 0.482 e.